The molecule has 3 fully saturated rings. The zero-order valence-electron chi connectivity index (χ0n) is 45.6. The number of benzene rings is 5. The number of hydrogen-bond donors (Lipinski definition) is 2. The Kier molecular flexibility index (Phi) is 16.8. The Morgan fingerprint density at radius 1 is 0.772 bits per heavy atom. The Morgan fingerprint density at radius 2 is 1.47 bits per heavy atom. The van der Waals surface area contributed by atoms with Crippen LogP contribution in [0.25, 0.3) is 0 Å². The highest BCUT2D eigenvalue weighted by Gasteiger charge is 2.47. The normalized spacial score (nSPS) is 20.2. The van der Waals surface area contributed by atoms with Crippen LogP contribution in [0, 0.1) is 6.92 Å². The van der Waals surface area contributed by atoms with Gasteiger partial charge in [-0.05, 0) is 168 Å². The molecule has 10 rings (SSSR count). The molecule has 414 valence electrons. The topological polar surface area (TPSA) is 154 Å². The third-order valence-corrected chi connectivity index (χ3v) is 18.0. The number of hydrogen-bond acceptors (Lipinski definition) is 12. The molecule has 2 saturated heterocycles. The molecular formula is C60H67Cl3N9O6P. The van der Waals surface area contributed by atoms with Crippen molar-refractivity contribution < 1.29 is 28.4 Å². The maximum absolute atomic E-state index is 15.4. The number of carbonyl (C=O) groups is 2. The average Bonchev–Trinajstić information content (AvgIpc) is 4.28. The number of amidine groups is 1. The average molecular weight is 1150 g/mol. The van der Waals surface area contributed by atoms with E-state index in [2.05, 4.69) is 39.6 Å². The van der Waals surface area contributed by atoms with Crippen molar-refractivity contribution in [1.82, 2.24) is 29.6 Å². The Balaban J connectivity index is 0.799. The van der Waals surface area contributed by atoms with Gasteiger partial charge in [0.1, 0.15) is 47.8 Å². The summed E-state index contributed by atoms with van der Waals surface area (Å²) >= 11 is 19.4. The minimum atomic E-state index is -2.58. The maximum Gasteiger partial charge on any atom is 0.326 e. The number of anilines is 4. The van der Waals surface area contributed by atoms with Crippen molar-refractivity contribution in [1.29, 1.82) is 0 Å². The van der Waals surface area contributed by atoms with Crippen molar-refractivity contribution in [3.63, 3.8) is 0 Å². The second-order valence-corrected chi connectivity index (χ2v) is 25.9. The summed E-state index contributed by atoms with van der Waals surface area (Å²) in [6.07, 6.45) is 6.17. The molecule has 0 bridgehead atoms. The third kappa shape index (κ3) is 12.2. The zero-order chi connectivity index (χ0) is 55.7. The van der Waals surface area contributed by atoms with E-state index in [0.717, 1.165) is 67.6 Å². The van der Waals surface area contributed by atoms with E-state index in [9.17, 15) is 9.36 Å². The summed E-state index contributed by atoms with van der Waals surface area (Å²) in [5, 5.41) is 8.82. The monoisotopic (exact) mass is 1150 g/mol. The molecule has 2 N–H and O–H groups in total. The number of nitrogens with zero attached hydrogens (tertiary/aromatic N) is 7. The van der Waals surface area contributed by atoms with Crippen LogP contribution >= 0.6 is 41.9 Å². The molecule has 4 heterocycles. The molecule has 4 atom stereocenters. The second-order valence-electron chi connectivity index (χ2n) is 21.5. The number of methoxy groups -OCH3 is 2. The molecular weight excluding hydrogens is 1080 g/mol. The van der Waals surface area contributed by atoms with Crippen molar-refractivity contribution in [3.05, 3.63) is 152 Å². The number of aromatic nitrogens is 2. The summed E-state index contributed by atoms with van der Waals surface area (Å²) in [7, 11) is 0.686. The first-order valence-electron chi connectivity index (χ1n) is 26.9. The highest BCUT2D eigenvalue weighted by molar-refractivity contribution is 7.70. The lowest BCUT2D eigenvalue weighted by Gasteiger charge is -2.41. The molecule has 0 radical (unpaired) electrons. The van der Waals surface area contributed by atoms with E-state index in [1.165, 1.54) is 11.8 Å². The second kappa shape index (κ2) is 23.8. The summed E-state index contributed by atoms with van der Waals surface area (Å²) in [6, 6.07) is 31.3. The summed E-state index contributed by atoms with van der Waals surface area (Å²) in [5.41, 5.74) is 6.14. The van der Waals surface area contributed by atoms with E-state index >= 15 is 4.79 Å². The number of halogens is 3. The van der Waals surface area contributed by atoms with E-state index in [-0.39, 0.29) is 30.6 Å². The summed E-state index contributed by atoms with van der Waals surface area (Å²) in [4.78, 5) is 52.4. The fourth-order valence-electron chi connectivity index (χ4n) is 11.8. The number of urea groups is 1. The number of carbonyl (C=O) groups excluding carboxylic acids is 2. The van der Waals surface area contributed by atoms with Crippen LogP contribution in [-0.2, 0) is 9.36 Å². The number of aliphatic imine (C=N–C) groups is 1. The van der Waals surface area contributed by atoms with E-state index in [1.807, 2.05) is 110 Å². The maximum atomic E-state index is 15.4. The Hall–Kier alpha value is -6.35. The van der Waals surface area contributed by atoms with Gasteiger partial charge in [-0.3, -0.25) is 14.7 Å². The SMILES string of the molecule is COc1ccc(C2=N[C@@H](c3ccc(Cl)cc3)[C@@H](c3ccc(Cl)cc3)N2C(=O)N2CCN(C3CCC(N4CCC(c5cc(OC)c(Nc6ncc(Cl)c(Nc7ccccc7P(C)(C)=O)n6)cc5C)CC4)C3)C(=O)C2)c(OC(C)C)c1. The number of piperazine rings is 1. The van der Waals surface area contributed by atoms with Gasteiger partial charge in [-0.25, -0.2) is 9.78 Å². The Bertz CT molecular complexity index is 3300. The molecule has 19 heteroatoms. The Labute approximate surface area is 478 Å². The fraction of sp³-hybridized carbons (Fsp3) is 0.383. The summed E-state index contributed by atoms with van der Waals surface area (Å²) in [6.45, 7) is 12.2. The van der Waals surface area contributed by atoms with Crippen LogP contribution in [0.2, 0.25) is 15.1 Å². The first-order valence-corrected chi connectivity index (χ1v) is 30.6. The van der Waals surface area contributed by atoms with Gasteiger partial charge in [0.25, 0.3) is 0 Å². The van der Waals surface area contributed by atoms with Gasteiger partial charge < -0.3 is 44.1 Å². The van der Waals surface area contributed by atoms with Crippen molar-refractivity contribution in [2.24, 2.45) is 4.99 Å². The first-order chi connectivity index (χ1) is 38.0. The molecule has 15 nitrogen and oxygen atoms in total. The molecule has 6 aromatic rings. The number of piperidine rings is 1. The molecule has 1 aliphatic carbocycles. The number of aryl methyl sites for hydroxylation is 1. The Morgan fingerprint density at radius 3 is 2.14 bits per heavy atom. The van der Waals surface area contributed by atoms with Crippen LogP contribution in [0.15, 0.2) is 114 Å². The molecule has 79 heavy (non-hydrogen) atoms. The lowest BCUT2D eigenvalue weighted by molar-refractivity contribution is -0.137. The first kappa shape index (κ1) is 55.9. The van der Waals surface area contributed by atoms with Crippen molar-refractivity contribution in [3.8, 4) is 17.2 Å². The fourth-order valence-corrected chi connectivity index (χ4v) is 13.3. The predicted octanol–water partition coefficient (Wildman–Crippen LogP) is 12.9. The van der Waals surface area contributed by atoms with E-state index in [4.69, 9.17) is 59.0 Å². The lowest BCUT2D eigenvalue weighted by atomic mass is 9.86. The van der Waals surface area contributed by atoms with Gasteiger partial charge in [-0.2, -0.15) is 4.98 Å². The molecule has 1 aromatic heterocycles. The van der Waals surface area contributed by atoms with Crippen LogP contribution < -0.4 is 30.1 Å². The number of rotatable bonds is 15. The minimum absolute atomic E-state index is 0.0493. The predicted molar refractivity (Wildman–Crippen MR) is 316 cm³/mol. The van der Waals surface area contributed by atoms with Crippen molar-refractivity contribution >= 4 is 88.2 Å². The summed E-state index contributed by atoms with van der Waals surface area (Å²) < 4.78 is 31.0. The van der Waals surface area contributed by atoms with Gasteiger partial charge in [0.05, 0.1) is 49.5 Å². The van der Waals surface area contributed by atoms with Crippen LogP contribution in [0.1, 0.15) is 91.8 Å². The molecule has 3 amide bonds. The van der Waals surface area contributed by atoms with Gasteiger partial charge in [0.2, 0.25) is 11.9 Å². The summed E-state index contributed by atoms with van der Waals surface area (Å²) in [5.74, 6) is 3.27. The van der Waals surface area contributed by atoms with E-state index < -0.39 is 19.2 Å². The molecule has 0 spiro atoms. The van der Waals surface area contributed by atoms with Crippen LogP contribution in [0.4, 0.5) is 27.9 Å². The standard InChI is InChI=1S/C60H67Cl3N9O6P/c1-36(2)78-51-32-45(76-4)22-23-46(51)58-67-55(39-12-16-41(61)17-13-39)56(40-14-18-42(62)19-15-40)72(58)60(74)70-28-29-71(54(73)35-70)44-21-20-43(31-44)69-26-24-38(25-27-69)47-33-52(77-5)50(30-37(47)3)66-59-64-34-48(63)57(68-59)65-49-10-8-9-11-53(49)79(6,7)75/h8-19,22-23,30,32-34,36,38,43-44,55-56H,20-21,24-29,31,35H2,1-7H3,(H2,64,65,66,68)/t43?,44?,55-,56+/m0/s1. The number of nitrogens with one attached hydrogen (secondary N) is 2. The lowest BCUT2D eigenvalue weighted by Crippen LogP contribution is -2.58. The highest BCUT2D eigenvalue weighted by Crippen LogP contribution is 2.47. The zero-order valence-corrected chi connectivity index (χ0v) is 48.8. The van der Waals surface area contributed by atoms with Gasteiger partial charge in [-0.1, -0.05) is 71.2 Å². The number of ether oxygens (including phenoxy) is 3. The van der Waals surface area contributed by atoms with Crippen LogP contribution in [0.5, 0.6) is 17.2 Å². The quantitative estimate of drug-likeness (QED) is 0.0945. The van der Waals surface area contributed by atoms with Gasteiger partial charge in [0.15, 0.2) is 5.82 Å². The van der Waals surface area contributed by atoms with E-state index in [1.54, 1.807) is 37.3 Å². The molecule has 5 aromatic carbocycles. The largest absolute Gasteiger partial charge is 0.497 e. The third-order valence-electron chi connectivity index (χ3n) is 15.6. The van der Waals surface area contributed by atoms with Crippen LogP contribution in [0.3, 0.4) is 0 Å². The van der Waals surface area contributed by atoms with Crippen molar-refractivity contribution in [2.75, 3.05) is 70.9 Å². The molecule has 2 unspecified atom stereocenters. The molecule has 3 aliphatic heterocycles. The molecule has 4 aliphatic rings. The number of likely N-dealkylation sites (tertiary alicyclic amines) is 1. The van der Waals surface area contributed by atoms with Gasteiger partial charge in [0, 0.05) is 46.6 Å². The molecule has 1 saturated carbocycles. The van der Waals surface area contributed by atoms with Crippen molar-refractivity contribution in [2.45, 2.75) is 89.1 Å². The highest BCUT2D eigenvalue weighted by atomic mass is 35.5. The minimum Gasteiger partial charge on any atom is -0.497 e. The van der Waals surface area contributed by atoms with Crippen LogP contribution in [-0.4, -0.2) is 126 Å². The van der Waals surface area contributed by atoms with Gasteiger partial charge in [-0.15, -0.1) is 0 Å². The smallest absolute Gasteiger partial charge is 0.326 e. The number of amides is 3. The number of para-hydroxylation sites is 1. The van der Waals surface area contributed by atoms with E-state index in [0.29, 0.717) is 91.5 Å². The van der Waals surface area contributed by atoms with Gasteiger partial charge >= 0.3 is 6.03 Å².